The zero-order valence-electron chi connectivity index (χ0n) is 15.9. The third-order valence-corrected chi connectivity index (χ3v) is 4.45. The number of carbonyl (C=O) groups excluding carboxylic acids is 1. The monoisotopic (exact) mass is 370 g/mol. The highest BCUT2D eigenvalue weighted by Gasteiger charge is 2.53. The highest BCUT2D eigenvalue weighted by molar-refractivity contribution is 5.77. The van der Waals surface area contributed by atoms with Crippen molar-refractivity contribution in [2.45, 2.75) is 37.9 Å². The number of nitrogens with one attached hydrogen (secondary N) is 1. The maximum Gasteiger partial charge on any atom is 0.323 e. The molecule has 27 heavy (non-hydrogen) atoms. The predicted octanol–water partition coefficient (Wildman–Crippen LogP) is 3.46. The summed E-state index contributed by atoms with van der Waals surface area (Å²) in [4.78, 5) is 16.0. The number of esters is 1. The molecule has 0 saturated carbocycles. The maximum atomic E-state index is 12.2. The maximum absolute atomic E-state index is 12.2. The largest absolute Gasteiger partial charge is 0.486 e. The van der Waals surface area contributed by atoms with Crippen molar-refractivity contribution < 1.29 is 19.0 Å². The van der Waals surface area contributed by atoms with Crippen LogP contribution in [0.5, 0.6) is 11.5 Å². The topological polar surface area (TPSA) is 61.2 Å². The summed E-state index contributed by atoms with van der Waals surface area (Å²) in [6.45, 7) is 19.6. The molecule has 0 spiro atoms. The summed E-state index contributed by atoms with van der Waals surface area (Å²) < 4.78 is 16.5. The Morgan fingerprint density at radius 3 is 2.59 bits per heavy atom. The first-order chi connectivity index (χ1) is 13.0. The summed E-state index contributed by atoms with van der Waals surface area (Å²) in [6.07, 6.45) is 3.69. The van der Waals surface area contributed by atoms with Crippen LogP contribution in [-0.2, 0) is 9.53 Å². The molecule has 0 bridgehead atoms. The van der Waals surface area contributed by atoms with Crippen molar-refractivity contribution >= 4 is 5.97 Å². The van der Waals surface area contributed by atoms with E-state index in [4.69, 9.17) is 20.8 Å². The summed E-state index contributed by atoms with van der Waals surface area (Å²) in [6, 6.07) is 4.69. The normalized spacial score (nSPS) is 23.9. The summed E-state index contributed by atoms with van der Waals surface area (Å²) in [5, 5.41) is 3.26. The molecule has 1 saturated heterocycles. The molecule has 1 aromatic rings. The standard InChI is InChI=1S/C21H26N2O4/c1-6-11-26-17-10-9-15(13-18(17)27-12-7-2)19-21(4,22-5)14-16(23-19)20(24)25-8-3/h6-7,9-10,13,16,19,23H,1-2,8,11-12,14H2,3-4H3/t16-,19-,21-/m0/s1. The fourth-order valence-corrected chi connectivity index (χ4v) is 3.16. The van der Waals surface area contributed by atoms with E-state index in [9.17, 15) is 4.79 Å². The lowest BCUT2D eigenvalue weighted by Gasteiger charge is -2.21. The van der Waals surface area contributed by atoms with Gasteiger partial charge in [0, 0.05) is 6.92 Å². The molecule has 6 nitrogen and oxygen atoms in total. The van der Waals surface area contributed by atoms with E-state index in [-0.39, 0.29) is 12.0 Å². The van der Waals surface area contributed by atoms with Crippen LogP contribution in [0.4, 0.5) is 0 Å². The first kappa shape index (κ1) is 20.5. The molecule has 1 N–H and O–H groups in total. The number of rotatable bonds is 9. The Labute approximate surface area is 160 Å². The van der Waals surface area contributed by atoms with Gasteiger partial charge in [0.15, 0.2) is 11.5 Å². The molecule has 0 radical (unpaired) electrons. The molecule has 2 rings (SSSR count). The predicted molar refractivity (Wildman–Crippen MR) is 104 cm³/mol. The van der Waals surface area contributed by atoms with Gasteiger partial charge >= 0.3 is 5.97 Å². The number of hydrogen-bond donors (Lipinski definition) is 1. The zero-order chi connectivity index (χ0) is 19.9. The summed E-state index contributed by atoms with van der Waals surface area (Å²) in [7, 11) is 0. The minimum absolute atomic E-state index is 0.311. The summed E-state index contributed by atoms with van der Waals surface area (Å²) in [5.41, 5.74) is 0.0849. The second-order valence-corrected chi connectivity index (χ2v) is 6.48. The fourth-order valence-electron chi connectivity index (χ4n) is 3.16. The van der Waals surface area contributed by atoms with E-state index in [1.165, 1.54) is 0 Å². The Bertz CT molecular complexity index is 740. The molecule has 0 aliphatic carbocycles. The van der Waals surface area contributed by atoms with Gasteiger partial charge in [-0.3, -0.25) is 10.1 Å². The molecule has 1 heterocycles. The number of carbonyl (C=O) groups is 1. The van der Waals surface area contributed by atoms with Crippen LogP contribution in [0.3, 0.4) is 0 Å². The van der Waals surface area contributed by atoms with E-state index >= 15 is 0 Å². The molecule has 1 fully saturated rings. The van der Waals surface area contributed by atoms with Gasteiger partial charge in [0.1, 0.15) is 25.3 Å². The molecule has 1 aliphatic rings. The molecule has 3 atom stereocenters. The van der Waals surface area contributed by atoms with Crippen molar-refractivity contribution in [3.05, 3.63) is 60.5 Å². The molecule has 6 heteroatoms. The average molecular weight is 370 g/mol. The van der Waals surface area contributed by atoms with Crippen molar-refractivity contribution in [3.63, 3.8) is 0 Å². The molecule has 0 aromatic heterocycles. The average Bonchev–Trinajstić information content (AvgIpc) is 3.03. The lowest BCUT2D eigenvalue weighted by Crippen LogP contribution is -2.34. The molecule has 0 amide bonds. The van der Waals surface area contributed by atoms with Gasteiger partial charge in [0.25, 0.3) is 5.54 Å². The molecular weight excluding hydrogens is 344 g/mol. The van der Waals surface area contributed by atoms with Crippen molar-refractivity contribution in [2.75, 3.05) is 19.8 Å². The first-order valence-corrected chi connectivity index (χ1v) is 8.91. The molecule has 144 valence electrons. The van der Waals surface area contributed by atoms with Gasteiger partial charge in [0.2, 0.25) is 0 Å². The van der Waals surface area contributed by atoms with Gasteiger partial charge in [-0.05, 0) is 24.6 Å². The van der Waals surface area contributed by atoms with E-state index in [2.05, 4.69) is 23.3 Å². The van der Waals surface area contributed by atoms with E-state index in [1.54, 1.807) is 25.1 Å². The van der Waals surface area contributed by atoms with Crippen LogP contribution in [0.1, 0.15) is 31.9 Å². The highest BCUT2D eigenvalue weighted by atomic mass is 16.5. The molecule has 1 aromatic carbocycles. The van der Waals surface area contributed by atoms with Crippen LogP contribution in [0.25, 0.3) is 4.85 Å². The van der Waals surface area contributed by atoms with E-state index in [0.29, 0.717) is 37.7 Å². The van der Waals surface area contributed by atoms with E-state index in [0.717, 1.165) is 5.56 Å². The second-order valence-electron chi connectivity index (χ2n) is 6.48. The quantitative estimate of drug-likeness (QED) is 0.410. The van der Waals surface area contributed by atoms with Gasteiger partial charge in [-0.2, -0.15) is 0 Å². The number of nitrogens with zero attached hydrogens (tertiary/aromatic N) is 1. The zero-order valence-corrected chi connectivity index (χ0v) is 15.9. The minimum atomic E-state index is -0.767. The lowest BCUT2D eigenvalue weighted by molar-refractivity contribution is -0.145. The molecule has 0 unspecified atom stereocenters. The van der Waals surface area contributed by atoms with Gasteiger partial charge in [-0.15, -0.1) is 0 Å². The minimum Gasteiger partial charge on any atom is -0.486 e. The van der Waals surface area contributed by atoms with Crippen LogP contribution >= 0.6 is 0 Å². The van der Waals surface area contributed by atoms with Crippen LogP contribution in [-0.4, -0.2) is 37.4 Å². The Morgan fingerprint density at radius 2 is 2.00 bits per heavy atom. The number of ether oxygens (including phenoxy) is 3. The summed E-state index contributed by atoms with van der Waals surface area (Å²) >= 11 is 0. The third kappa shape index (κ3) is 4.69. The van der Waals surface area contributed by atoms with Gasteiger partial charge in [-0.25, -0.2) is 6.57 Å². The van der Waals surface area contributed by atoms with E-state index < -0.39 is 11.6 Å². The van der Waals surface area contributed by atoms with Crippen molar-refractivity contribution in [1.82, 2.24) is 5.32 Å². The fraction of sp³-hybridized carbons (Fsp3) is 0.429. The van der Waals surface area contributed by atoms with Gasteiger partial charge in [-0.1, -0.05) is 31.4 Å². The Balaban J connectivity index is 2.33. The molecule has 1 aliphatic heterocycles. The SMILES string of the molecule is [C-]#[N+][C@@]1(C)C[C@@H](C(=O)OCC)N[C@H]1c1ccc(OCC=C)c(OCC=C)c1. The van der Waals surface area contributed by atoms with Crippen LogP contribution in [0, 0.1) is 6.57 Å². The van der Waals surface area contributed by atoms with E-state index in [1.807, 2.05) is 19.1 Å². The van der Waals surface area contributed by atoms with Crippen LogP contribution in [0.2, 0.25) is 0 Å². The van der Waals surface area contributed by atoms with Crippen molar-refractivity contribution in [2.24, 2.45) is 0 Å². The summed E-state index contributed by atoms with van der Waals surface area (Å²) in [5.74, 6) is 0.817. The Hall–Kier alpha value is -2.78. The molecular formula is C21H26N2O4. The third-order valence-electron chi connectivity index (χ3n) is 4.45. The highest BCUT2D eigenvalue weighted by Crippen LogP contribution is 2.42. The number of hydrogen-bond acceptors (Lipinski definition) is 5. The van der Waals surface area contributed by atoms with Gasteiger partial charge < -0.3 is 19.1 Å². The van der Waals surface area contributed by atoms with Crippen molar-refractivity contribution in [3.8, 4) is 11.5 Å². The Morgan fingerprint density at radius 1 is 1.33 bits per heavy atom. The van der Waals surface area contributed by atoms with Gasteiger partial charge in [0.05, 0.1) is 13.0 Å². The number of benzene rings is 1. The van der Waals surface area contributed by atoms with Crippen molar-refractivity contribution in [1.29, 1.82) is 0 Å². The van der Waals surface area contributed by atoms with Crippen LogP contribution in [0.15, 0.2) is 43.5 Å². The first-order valence-electron chi connectivity index (χ1n) is 8.91. The van der Waals surface area contributed by atoms with Crippen LogP contribution < -0.4 is 14.8 Å². The smallest absolute Gasteiger partial charge is 0.323 e. The Kier molecular flexibility index (Phi) is 7.03. The lowest BCUT2D eigenvalue weighted by atomic mass is 9.87. The second kappa shape index (κ2) is 9.24.